The fraction of sp³-hybridized carbons (Fsp3) is 0.464. The molecule has 0 bridgehead atoms. The molecule has 2 aliphatic rings. The van der Waals surface area contributed by atoms with Gasteiger partial charge in [-0.1, -0.05) is 68.8 Å². The van der Waals surface area contributed by atoms with E-state index in [9.17, 15) is 19.5 Å². The molecule has 35 heavy (non-hydrogen) atoms. The fourth-order valence-corrected chi connectivity index (χ4v) is 5.37. The number of hydrogen-bond acceptors (Lipinski definition) is 4. The maximum absolute atomic E-state index is 12.7. The van der Waals surface area contributed by atoms with Crippen LogP contribution in [-0.4, -0.2) is 42.3 Å². The normalized spacial score (nSPS) is 19.6. The number of nitrogens with one attached hydrogen (secondary N) is 2. The Morgan fingerprint density at radius 1 is 1.00 bits per heavy atom. The average molecular weight is 479 g/mol. The average Bonchev–Trinajstić information content (AvgIpc) is 3.44. The van der Waals surface area contributed by atoms with Gasteiger partial charge in [0, 0.05) is 24.9 Å². The molecule has 0 saturated heterocycles. The number of carboxylic acid groups (broad SMARTS) is 1. The molecule has 3 N–H and O–H groups in total. The highest BCUT2D eigenvalue weighted by atomic mass is 16.5. The van der Waals surface area contributed by atoms with E-state index in [1.54, 1.807) is 0 Å². The van der Waals surface area contributed by atoms with Crippen molar-refractivity contribution in [3.63, 3.8) is 0 Å². The first kappa shape index (κ1) is 24.8. The number of hydrogen-bond donors (Lipinski definition) is 3. The molecule has 0 spiro atoms. The van der Waals surface area contributed by atoms with Crippen LogP contribution in [-0.2, 0) is 14.3 Å². The number of fused-ring (bicyclic) bond motifs is 3. The molecule has 0 aromatic heterocycles. The van der Waals surface area contributed by atoms with Crippen LogP contribution in [0, 0.1) is 17.8 Å². The molecule has 2 amide bonds. The Bertz CT molecular complexity index is 1040. The number of carboxylic acids is 1. The minimum atomic E-state index is -0.793. The molecule has 4 rings (SSSR count). The summed E-state index contributed by atoms with van der Waals surface area (Å²) in [5.41, 5.74) is 4.63. The highest BCUT2D eigenvalue weighted by Crippen LogP contribution is 2.44. The van der Waals surface area contributed by atoms with E-state index in [-0.39, 0.29) is 42.7 Å². The number of alkyl carbamates (subject to hydrolysis) is 1. The zero-order valence-corrected chi connectivity index (χ0v) is 20.3. The molecule has 1 fully saturated rings. The lowest BCUT2D eigenvalue weighted by atomic mass is 9.96. The number of carbonyl (C=O) groups is 3. The topological polar surface area (TPSA) is 105 Å². The van der Waals surface area contributed by atoms with E-state index in [0.29, 0.717) is 13.0 Å². The Morgan fingerprint density at radius 2 is 1.63 bits per heavy atom. The summed E-state index contributed by atoms with van der Waals surface area (Å²) in [4.78, 5) is 36.6. The van der Waals surface area contributed by atoms with Crippen LogP contribution >= 0.6 is 0 Å². The van der Waals surface area contributed by atoms with Gasteiger partial charge >= 0.3 is 12.1 Å². The Labute approximate surface area is 206 Å². The summed E-state index contributed by atoms with van der Waals surface area (Å²) in [6, 6.07) is 16.0. The van der Waals surface area contributed by atoms with Crippen LogP contribution in [0.1, 0.15) is 56.6 Å². The van der Waals surface area contributed by atoms with Gasteiger partial charge in [-0.2, -0.15) is 0 Å². The Morgan fingerprint density at radius 3 is 2.23 bits per heavy atom. The summed E-state index contributed by atoms with van der Waals surface area (Å²) in [5.74, 6) is -1.42. The lowest BCUT2D eigenvalue weighted by Gasteiger charge is -2.23. The first-order valence-corrected chi connectivity index (χ1v) is 12.5. The van der Waals surface area contributed by atoms with Crippen molar-refractivity contribution in [2.45, 2.75) is 51.5 Å². The van der Waals surface area contributed by atoms with E-state index in [1.165, 1.54) is 11.1 Å². The monoisotopic (exact) mass is 478 g/mol. The first-order chi connectivity index (χ1) is 16.8. The van der Waals surface area contributed by atoms with Crippen LogP contribution in [0.4, 0.5) is 4.79 Å². The van der Waals surface area contributed by atoms with Gasteiger partial charge in [0.15, 0.2) is 0 Å². The Hall–Kier alpha value is -3.35. The van der Waals surface area contributed by atoms with E-state index in [0.717, 1.165) is 24.0 Å². The van der Waals surface area contributed by atoms with Gasteiger partial charge in [0.25, 0.3) is 0 Å². The van der Waals surface area contributed by atoms with Crippen molar-refractivity contribution < 1.29 is 24.2 Å². The maximum atomic E-state index is 12.7. The zero-order chi connectivity index (χ0) is 24.9. The predicted octanol–water partition coefficient (Wildman–Crippen LogP) is 4.56. The number of benzene rings is 2. The summed E-state index contributed by atoms with van der Waals surface area (Å²) < 4.78 is 5.64. The molecule has 0 radical (unpaired) electrons. The van der Waals surface area contributed by atoms with Gasteiger partial charge in [-0.3, -0.25) is 9.59 Å². The second-order valence-electron chi connectivity index (χ2n) is 9.96. The number of ether oxygens (including phenoxy) is 1. The maximum Gasteiger partial charge on any atom is 0.407 e. The third kappa shape index (κ3) is 5.66. The Balaban J connectivity index is 1.30. The van der Waals surface area contributed by atoms with Gasteiger partial charge in [0.05, 0.1) is 5.92 Å². The van der Waals surface area contributed by atoms with Crippen molar-refractivity contribution in [2.75, 3.05) is 13.2 Å². The highest BCUT2D eigenvalue weighted by molar-refractivity contribution is 5.80. The standard InChI is InChI=1S/C28H34N2O5/c1-17(2)25(14-26(31)29-15-18-8-7-13-19(18)27(32)33)30-28(34)35-16-24-22-11-5-3-9-20(22)21-10-4-6-12-23(21)24/h3-6,9-12,17-19,24-25H,7-8,13-16H2,1-2H3,(H,29,31)(H,30,34)(H,32,33)/t18-,19-,25?/m1/s1. The molecular formula is C28H34N2O5. The third-order valence-electron chi connectivity index (χ3n) is 7.39. The van der Waals surface area contributed by atoms with Crippen molar-refractivity contribution in [3.8, 4) is 11.1 Å². The molecule has 2 aromatic carbocycles. The number of amides is 2. The lowest BCUT2D eigenvalue weighted by molar-refractivity contribution is -0.143. The number of aliphatic carboxylic acids is 1. The van der Waals surface area contributed by atoms with E-state index in [1.807, 2.05) is 38.1 Å². The van der Waals surface area contributed by atoms with Crippen LogP contribution in [0.2, 0.25) is 0 Å². The van der Waals surface area contributed by atoms with Gasteiger partial charge in [-0.05, 0) is 46.9 Å². The fourth-order valence-electron chi connectivity index (χ4n) is 5.37. The van der Waals surface area contributed by atoms with E-state index < -0.39 is 18.0 Å². The second-order valence-corrected chi connectivity index (χ2v) is 9.96. The molecule has 7 heteroatoms. The van der Waals surface area contributed by atoms with E-state index in [2.05, 4.69) is 34.9 Å². The largest absolute Gasteiger partial charge is 0.481 e. The van der Waals surface area contributed by atoms with E-state index in [4.69, 9.17) is 4.74 Å². The molecule has 7 nitrogen and oxygen atoms in total. The molecule has 1 unspecified atom stereocenters. The minimum absolute atomic E-state index is 0.0254. The van der Waals surface area contributed by atoms with Crippen molar-refractivity contribution in [1.82, 2.24) is 10.6 Å². The Kier molecular flexibility index (Phi) is 7.73. The summed E-state index contributed by atoms with van der Waals surface area (Å²) >= 11 is 0. The van der Waals surface area contributed by atoms with Crippen LogP contribution in [0.5, 0.6) is 0 Å². The summed E-state index contributed by atoms with van der Waals surface area (Å²) in [6.07, 6.45) is 1.92. The van der Waals surface area contributed by atoms with Crippen LogP contribution in [0.3, 0.4) is 0 Å². The molecular weight excluding hydrogens is 444 g/mol. The molecule has 2 aromatic rings. The lowest BCUT2D eigenvalue weighted by Crippen LogP contribution is -2.43. The quantitative estimate of drug-likeness (QED) is 0.490. The van der Waals surface area contributed by atoms with Gasteiger partial charge in [-0.25, -0.2) is 4.79 Å². The predicted molar refractivity (Wildman–Crippen MR) is 133 cm³/mol. The van der Waals surface area contributed by atoms with Crippen molar-refractivity contribution in [2.24, 2.45) is 17.8 Å². The van der Waals surface area contributed by atoms with Gasteiger partial charge < -0.3 is 20.5 Å². The summed E-state index contributed by atoms with van der Waals surface area (Å²) in [7, 11) is 0. The van der Waals surface area contributed by atoms with Gasteiger partial charge in [-0.15, -0.1) is 0 Å². The highest BCUT2D eigenvalue weighted by Gasteiger charge is 2.33. The molecule has 0 heterocycles. The molecule has 3 atom stereocenters. The second kappa shape index (κ2) is 10.9. The minimum Gasteiger partial charge on any atom is -0.481 e. The zero-order valence-electron chi connectivity index (χ0n) is 20.3. The first-order valence-electron chi connectivity index (χ1n) is 12.5. The van der Waals surface area contributed by atoms with Gasteiger partial charge in [0.1, 0.15) is 6.61 Å². The molecule has 1 saturated carbocycles. The molecule has 0 aliphatic heterocycles. The van der Waals surface area contributed by atoms with Crippen LogP contribution in [0.25, 0.3) is 11.1 Å². The van der Waals surface area contributed by atoms with Crippen LogP contribution in [0.15, 0.2) is 48.5 Å². The van der Waals surface area contributed by atoms with E-state index >= 15 is 0 Å². The van der Waals surface area contributed by atoms with Crippen molar-refractivity contribution in [1.29, 1.82) is 0 Å². The molecule has 2 aliphatic carbocycles. The van der Waals surface area contributed by atoms with Crippen LogP contribution < -0.4 is 10.6 Å². The van der Waals surface area contributed by atoms with Crippen molar-refractivity contribution >= 4 is 18.0 Å². The van der Waals surface area contributed by atoms with Gasteiger partial charge in [0.2, 0.25) is 5.91 Å². The SMILES string of the molecule is CC(C)C(CC(=O)NC[C@H]1CCC[C@H]1C(=O)O)NC(=O)OCC1c2ccccc2-c2ccccc21. The summed E-state index contributed by atoms with van der Waals surface area (Å²) in [5, 5.41) is 15.1. The van der Waals surface area contributed by atoms with Crippen molar-refractivity contribution in [3.05, 3.63) is 59.7 Å². The summed E-state index contributed by atoms with van der Waals surface area (Å²) in [6.45, 7) is 4.46. The smallest absolute Gasteiger partial charge is 0.407 e. The third-order valence-corrected chi connectivity index (χ3v) is 7.39. The number of rotatable bonds is 9. The molecule has 186 valence electrons. The number of carbonyl (C=O) groups excluding carboxylic acids is 2.